The number of carbonyl (C=O) groups is 1. The molecule has 28 heavy (non-hydrogen) atoms. The fourth-order valence-electron chi connectivity index (χ4n) is 3.12. The molecule has 1 N–H and O–H groups in total. The van der Waals surface area contributed by atoms with Crippen molar-refractivity contribution in [3.05, 3.63) is 53.6 Å². The van der Waals surface area contributed by atoms with Gasteiger partial charge in [0.25, 0.3) is 5.91 Å². The van der Waals surface area contributed by atoms with Crippen LogP contribution in [-0.2, 0) is 6.18 Å². The summed E-state index contributed by atoms with van der Waals surface area (Å²) in [6, 6.07) is 4.84. The Morgan fingerprint density at radius 3 is 2.57 bits per heavy atom. The quantitative estimate of drug-likeness (QED) is 0.864. The number of nitriles is 1. The maximum absolute atomic E-state index is 13.1. The summed E-state index contributed by atoms with van der Waals surface area (Å²) in [5.41, 5.74) is -1.20. The van der Waals surface area contributed by atoms with Gasteiger partial charge in [-0.2, -0.15) is 18.4 Å². The second kappa shape index (κ2) is 8.25. The van der Waals surface area contributed by atoms with Gasteiger partial charge in [-0.05, 0) is 43.9 Å². The van der Waals surface area contributed by atoms with Gasteiger partial charge in [0.1, 0.15) is 11.4 Å². The summed E-state index contributed by atoms with van der Waals surface area (Å²) >= 11 is 0. The number of nitrogens with zero attached hydrogens (tertiary/aromatic N) is 3. The highest BCUT2D eigenvalue weighted by Gasteiger charge is 2.34. The van der Waals surface area contributed by atoms with Crippen molar-refractivity contribution >= 4 is 5.91 Å². The van der Waals surface area contributed by atoms with Crippen molar-refractivity contribution < 1.29 is 22.7 Å². The van der Waals surface area contributed by atoms with Crippen LogP contribution in [-0.4, -0.2) is 28.0 Å². The van der Waals surface area contributed by atoms with Crippen LogP contribution in [0.2, 0.25) is 0 Å². The molecule has 1 aliphatic rings. The number of nitrogens with one attached hydrogen (secondary N) is 1. The highest BCUT2D eigenvalue weighted by molar-refractivity contribution is 5.92. The first kappa shape index (κ1) is 19.6. The monoisotopic (exact) mass is 390 g/mol. The first-order chi connectivity index (χ1) is 13.4. The van der Waals surface area contributed by atoms with E-state index in [1.54, 1.807) is 6.07 Å². The van der Waals surface area contributed by atoms with E-state index in [0.29, 0.717) is 25.7 Å². The number of benzene rings is 1. The number of hydrogen-bond donors (Lipinski definition) is 1. The number of halogens is 3. The van der Waals surface area contributed by atoms with Crippen LogP contribution in [0.3, 0.4) is 0 Å². The first-order valence-electron chi connectivity index (χ1n) is 8.71. The minimum Gasteiger partial charge on any atom is -0.490 e. The molecular formula is C19H17F3N4O2. The highest BCUT2D eigenvalue weighted by atomic mass is 19.4. The van der Waals surface area contributed by atoms with Gasteiger partial charge in [-0.25, -0.2) is 4.98 Å². The van der Waals surface area contributed by atoms with E-state index < -0.39 is 17.3 Å². The topological polar surface area (TPSA) is 87.9 Å². The van der Waals surface area contributed by atoms with Gasteiger partial charge < -0.3 is 10.1 Å². The number of carbonyl (C=O) groups excluding carboxylic acids is 1. The van der Waals surface area contributed by atoms with E-state index in [0.717, 1.165) is 12.1 Å². The summed E-state index contributed by atoms with van der Waals surface area (Å²) in [4.78, 5) is 19.9. The average Bonchev–Trinajstić information content (AvgIpc) is 2.69. The third-order valence-electron chi connectivity index (χ3n) is 4.52. The van der Waals surface area contributed by atoms with Gasteiger partial charge in [0, 0.05) is 18.4 Å². The van der Waals surface area contributed by atoms with Crippen molar-refractivity contribution in [3.63, 3.8) is 0 Å². The highest BCUT2D eigenvalue weighted by Crippen LogP contribution is 2.35. The minimum atomic E-state index is -4.62. The van der Waals surface area contributed by atoms with E-state index in [4.69, 9.17) is 10.00 Å². The zero-order chi connectivity index (χ0) is 20.1. The van der Waals surface area contributed by atoms with Crippen LogP contribution < -0.4 is 10.1 Å². The van der Waals surface area contributed by atoms with Gasteiger partial charge in [-0.15, -0.1) is 0 Å². The molecule has 0 unspecified atom stereocenters. The number of rotatable bonds is 4. The molecule has 2 aromatic rings. The lowest BCUT2D eigenvalue weighted by atomic mass is 9.92. The van der Waals surface area contributed by atoms with E-state index in [-0.39, 0.29) is 29.5 Å². The predicted molar refractivity (Wildman–Crippen MR) is 92.3 cm³/mol. The van der Waals surface area contributed by atoms with E-state index in [9.17, 15) is 18.0 Å². The molecule has 0 spiro atoms. The zero-order valence-electron chi connectivity index (χ0n) is 14.7. The summed E-state index contributed by atoms with van der Waals surface area (Å²) in [5.74, 6) is -0.224. The zero-order valence-corrected chi connectivity index (χ0v) is 14.7. The Bertz CT molecular complexity index is 873. The van der Waals surface area contributed by atoms with E-state index in [1.165, 1.54) is 24.7 Å². The smallest absolute Gasteiger partial charge is 0.417 e. The molecule has 1 aliphatic carbocycles. The molecule has 1 saturated carbocycles. The van der Waals surface area contributed by atoms with Crippen LogP contribution in [0.25, 0.3) is 0 Å². The van der Waals surface area contributed by atoms with Crippen molar-refractivity contribution in [1.29, 1.82) is 5.26 Å². The third kappa shape index (κ3) is 4.76. The van der Waals surface area contributed by atoms with Gasteiger partial charge in [-0.3, -0.25) is 9.78 Å². The molecule has 3 rings (SSSR count). The Morgan fingerprint density at radius 1 is 1.21 bits per heavy atom. The van der Waals surface area contributed by atoms with Crippen molar-refractivity contribution in [1.82, 2.24) is 15.3 Å². The van der Waals surface area contributed by atoms with Gasteiger partial charge in [-0.1, -0.05) is 0 Å². The fourth-order valence-corrected chi connectivity index (χ4v) is 3.12. The molecule has 0 aliphatic heterocycles. The molecule has 0 bridgehead atoms. The molecule has 1 aromatic carbocycles. The second-order valence-electron chi connectivity index (χ2n) is 6.47. The van der Waals surface area contributed by atoms with Crippen LogP contribution in [0, 0.1) is 11.3 Å². The Hall–Kier alpha value is -3.15. The first-order valence-corrected chi connectivity index (χ1v) is 8.71. The molecule has 0 saturated heterocycles. The Morgan fingerprint density at radius 2 is 1.96 bits per heavy atom. The summed E-state index contributed by atoms with van der Waals surface area (Å²) in [7, 11) is 0. The fraction of sp³-hybridized carbons (Fsp3) is 0.368. The van der Waals surface area contributed by atoms with Crippen LogP contribution in [0.15, 0.2) is 36.8 Å². The molecular weight excluding hydrogens is 373 g/mol. The molecule has 0 radical (unpaired) electrons. The number of ether oxygens (including phenoxy) is 1. The molecule has 1 fully saturated rings. The molecule has 1 aromatic heterocycles. The lowest BCUT2D eigenvalue weighted by molar-refractivity contribution is -0.137. The summed E-state index contributed by atoms with van der Waals surface area (Å²) in [5, 5.41) is 11.7. The van der Waals surface area contributed by atoms with Gasteiger partial charge >= 0.3 is 6.18 Å². The third-order valence-corrected chi connectivity index (χ3v) is 4.52. The standard InChI is InChI=1S/C19H17F3N4O2/c20-19(21,22)16-9-15(4-1-12(16)10-23)28-14-5-2-13(3-6-14)26-18(27)17-11-24-7-8-25-17/h1,4,7-9,11,13-14H,2-3,5-6H2,(H,26,27). The maximum Gasteiger partial charge on any atom is 0.417 e. The number of amides is 1. The van der Waals surface area contributed by atoms with Crippen molar-refractivity contribution in [2.45, 2.75) is 44.0 Å². The summed E-state index contributed by atoms with van der Waals surface area (Å²) in [6.07, 6.45) is 1.88. The van der Waals surface area contributed by atoms with E-state index in [1.807, 2.05) is 0 Å². The Balaban J connectivity index is 1.56. The molecule has 6 nitrogen and oxygen atoms in total. The number of alkyl halides is 3. The number of hydrogen-bond acceptors (Lipinski definition) is 5. The molecule has 1 heterocycles. The van der Waals surface area contributed by atoms with Crippen LogP contribution in [0.5, 0.6) is 5.75 Å². The molecule has 9 heteroatoms. The molecule has 1 amide bonds. The lowest BCUT2D eigenvalue weighted by Crippen LogP contribution is -2.40. The van der Waals surface area contributed by atoms with Gasteiger partial charge in [0.2, 0.25) is 0 Å². The molecule has 0 atom stereocenters. The van der Waals surface area contributed by atoms with Crippen molar-refractivity contribution in [2.24, 2.45) is 0 Å². The maximum atomic E-state index is 13.1. The largest absolute Gasteiger partial charge is 0.490 e. The van der Waals surface area contributed by atoms with Crippen LogP contribution in [0.1, 0.15) is 47.3 Å². The van der Waals surface area contributed by atoms with Gasteiger partial charge in [0.05, 0.1) is 29.5 Å². The van der Waals surface area contributed by atoms with Crippen LogP contribution >= 0.6 is 0 Å². The van der Waals surface area contributed by atoms with Crippen molar-refractivity contribution in [2.75, 3.05) is 0 Å². The number of aromatic nitrogens is 2. The second-order valence-corrected chi connectivity index (χ2v) is 6.47. The van der Waals surface area contributed by atoms with E-state index in [2.05, 4.69) is 15.3 Å². The minimum absolute atomic E-state index is 0.0546. The van der Waals surface area contributed by atoms with Gasteiger partial charge in [0.15, 0.2) is 0 Å². The summed E-state index contributed by atoms with van der Waals surface area (Å²) < 4.78 is 44.8. The normalized spacial score (nSPS) is 19.5. The average molecular weight is 390 g/mol. The SMILES string of the molecule is N#Cc1ccc(OC2CCC(NC(=O)c3cnccn3)CC2)cc1C(F)(F)F. The molecule has 146 valence electrons. The summed E-state index contributed by atoms with van der Waals surface area (Å²) in [6.45, 7) is 0. The Labute approximate surface area is 159 Å². The van der Waals surface area contributed by atoms with Crippen molar-refractivity contribution in [3.8, 4) is 11.8 Å². The predicted octanol–water partition coefficient (Wildman–Crippen LogP) is 3.49. The Kier molecular flexibility index (Phi) is 5.78. The van der Waals surface area contributed by atoms with Crippen LogP contribution in [0.4, 0.5) is 13.2 Å². The lowest BCUT2D eigenvalue weighted by Gasteiger charge is -2.29. The van der Waals surface area contributed by atoms with E-state index >= 15 is 0 Å².